The Balaban J connectivity index is 1.76. The fourth-order valence-electron chi connectivity index (χ4n) is 2.35. The van der Waals surface area contributed by atoms with Gasteiger partial charge in [-0.15, -0.1) is 0 Å². The number of hydrogen-bond acceptors (Lipinski definition) is 4. The third-order valence-corrected chi connectivity index (χ3v) is 4.14. The van der Waals surface area contributed by atoms with Crippen molar-refractivity contribution in [3.63, 3.8) is 0 Å². The average Bonchev–Trinajstić information content (AvgIpc) is 2.94. The summed E-state index contributed by atoms with van der Waals surface area (Å²) >= 11 is 6.40. The van der Waals surface area contributed by atoms with Gasteiger partial charge in [0.1, 0.15) is 18.0 Å². The Bertz CT molecular complexity index is 902. The highest BCUT2D eigenvalue weighted by Gasteiger charge is 2.17. The first-order chi connectivity index (χ1) is 12.1. The second kappa shape index (κ2) is 7.32. The van der Waals surface area contributed by atoms with Crippen LogP contribution < -0.4 is 0 Å². The molecule has 2 aromatic carbocycles. The minimum atomic E-state index is -0.486. The van der Waals surface area contributed by atoms with Crippen LogP contribution in [0.1, 0.15) is 32.0 Å². The molecule has 0 aliphatic heterocycles. The van der Waals surface area contributed by atoms with Crippen LogP contribution in [0.4, 0.5) is 0 Å². The number of aryl methyl sites for hydroxylation is 1. The van der Waals surface area contributed by atoms with Crippen molar-refractivity contribution in [1.82, 2.24) is 9.78 Å². The van der Waals surface area contributed by atoms with E-state index in [1.807, 2.05) is 37.3 Å². The minimum absolute atomic E-state index is 0.0196. The molecule has 0 saturated heterocycles. The molecular weight excluding hydrogens is 340 g/mol. The van der Waals surface area contributed by atoms with Gasteiger partial charge in [0.15, 0.2) is 0 Å². The van der Waals surface area contributed by atoms with Gasteiger partial charge in [0.05, 0.1) is 16.9 Å². The molecule has 25 heavy (non-hydrogen) atoms. The summed E-state index contributed by atoms with van der Waals surface area (Å²) in [6.45, 7) is 1.83. The first-order valence-electron chi connectivity index (χ1n) is 7.62. The molecule has 0 aliphatic rings. The standard InChI is InChI=1S/C19H15ClN2O3/c1-13-17(18(20)22(21-13)16-5-3-2-4-6-16)12-25-19(24)15-9-7-14(11-23)8-10-15/h2-11H,12H2,1H3. The number of para-hydroxylation sites is 1. The van der Waals surface area contributed by atoms with Crippen LogP contribution in [0.5, 0.6) is 0 Å². The Morgan fingerprint density at radius 1 is 1.16 bits per heavy atom. The predicted molar refractivity (Wildman–Crippen MR) is 94.3 cm³/mol. The molecule has 3 rings (SSSR count). The number of carbonyl (C=O) groups is 2. The van der Waals surface area contributed by atoms with Gasteiger partial charge in [-0.25, -0.2) is 9.48 Å². The molecule has 0 amide bonds. The molecule has 0 saturated carbocycles. The summed E-state index contributed by atoms with van der Waals surface area (Å²) in [6.07, 6.45) is 0.718. The third-order valence-electron chi connectivity index (χ3n) is 3.75. The molecule has 0 spiro atoms. The van der Waals surface area contributed by atoms with Crippen molar-refractivity contribution in [3.05, 3.63) is 82.1 Å². The lowest BCUT2D eigenvalue weighted by Gasteiger charge is -2.06. The summed E-state index contributed by atoms with van der Waals surface area (Å²) in [7, 11) is 0. The van der Waals surface area contributed by atoms with E-state index in [-0.39, 0.29) is 6.61 Å². The highest BCUT2D eigenvalue weighted by atomic mass is 35.5. The summed E-state index contributed by atoms with van der Waals surface area (Å²) < 4.78 is 6.94. The second-order valence-corrected chi connectivity index (χ2v) is 5.78. The fraction of sp³-hybridized carbons (Fsp3) is 0.105. The zero-order valence-corrected chi connectivity index (χ0v) is 14.2. The van der Waals surface area contributed by atoms with Crippen LogP contribution in [0.2, 0.25) is 5.15 Å². The number of hydrogen-bond donors (Lipinski definition) is 0. The topological polar surface area (TPSA) is 61.2 Å². The molecule has 1 heterocycles. The first-order valence-corrected chi connectivity index (χ1v) is 7.99. The number of rotatable bonds is 5. The van der Waals surface area contributed by atoms with E-state index < -0.39 is 5.97 Å². The zero-order chi connectivity index (χ0) is 17.8. The SMILES string of the molecule is Cc1nn(-c2ccccc2)c(Cl)c1COC(=O)c1ccc(C=O)cc1. The highest BCUT2D eigenvalue weighted by molar-refractivity contribution is 6.30. The summed E-state index contributed by atoms with van der Waals surface area (Å²) in [4.78, 5) is 22.8. The molecule has 126 valence electrons. The number of benzene rings is 2. The zero-order valence-electron chi connectivity index (χ0n) is 13.5. The van der Waals surface area contributed by atoms with Gasteiger partial charge in [0, 0.05) is 11.1 Å². The van der Waals surface area contributed by atoms with Crippen LogP contribution in [0.3, 0.4) is 0 Å². The quantitative estimate of drug-likeness (QED) is 0.513. The fourth-order valence-corrected chi connectivity index (χ4v) is 2.68. The van der Waals surface area contributed by atoms with E-state index in [1.165, 1.54) is 0 Å². The van der Waals surface area contributed by atoms with Gasteiger partial charge < -0.3 is 4.74 Å². The van der Waals surface area contributed by atoms with Crippen LogP contribution in [0.15, 0.2) is 54.6 Å². The Kier molecular flexibility index (Phi) is 4.95. The van der Waals surface area contributed by atoms with Crippen molar-refractivity contribution in [2.45, 2.75) is 13.5 Å². The highest BCUT2D eigenvalue weighted by Crippen LogP contribution is 2.24. The van der Waals surface area contributed by atoms with Gasteiger partial charge in [-0.3, -0.25) is 4.79 Å². The summed E-state index contributed by atoms with van der Waals surface area (Å²) in [6, 6.07) is 15.7. The van der Waals surface area contributed by atoms with Gasteiger partial charge >= 0.3 is 5.97 Å². The molecule has 0 aliphatic carbocycles. The number of carbonyl (C=O) groups excluding carboxylic acids is 2. The van der Waals surface area contributed by atoms with Crippen LogP contribution >= 0.6 is 11.6 Å². The van der Waals surface area contributed by atoms with Crippen LogP contribution in [-0.2, 0) is 11.3 Å². The van der Waals surface area contributed by atoms with Crippen molar-refractivity contribution in [2.75, 3.05) is 0 Å². The number of esters is 1. The van der Waals surface area contributed by atoms with E-state index in [2.05, 4.69) is 5.10 Å². The van der Waals surface area contributed by atoms with E-state index in [0.717, 1.165) is 12.0 Å². The average molecular weight is 355 g/mol. The van der Waals surface area contributed by atoms with E-state index in [4.69, 9.17) is 16.3 Å². The van der Waals surface area contributed by atoms with Gasteiger partial charge in [-0.1, -0.05) is 41.9 Å². The van der Waals surface area contributed by atoms with Crippen molar-refractivity contribution in [1.29, 1.82) is 0 Å². The van der Waals surface area contributed by atoms with Crippen molar-refractivity contribution in [2.24, 2.45) is 0 Å². The number of aldehydes is 1. The Hall–Kier alpha value is -2.92. The number of ether oxygens (including phenoxy) is 1. The maximum atomic E-state index is 12.1. The molecule has 0 unspecified atom stereocenters. The molecule has 0 radical (unpaired) electrons. The molecular formula is C19H15ClN2O3. The lowest BCUT2D eigenvalue weighted by molar-refractivity contribution is 0.0472. The molecule has 0 bridgehead atoms. The summed E-state index contributed by atoms with van der Waals surface area (Å²) in [5, 5.41) is 4.82. The third kappa shape index (κ3) is 3.61. The van der Waals surface area contributed by atoms with Crippen molar-refractivity contribution in [3.8, 4) is 5.69 Å². The number of halogens is 1. The summed E-state index contributed by atoms with van der Waals surface area (Å²) in [5.41, 5.74) is 3.05. The van der Waals surface area contributed by atoms with Crippen LogP contribution in [0.25, 0.3) is 5.69 Å². The smallest absolute Gasteiger partial charge is 0.338 e. The van der Waals surface area contributed by atoms with E-state index >= 15 is 0 Å². The van der Waals surface area contributed by atoms with Crippen molar-refractivity contribution >= 4 is 23.9 Å². The normalized spacial score (nSPS) is 10.5. The van der Waals surface area contributed by atoms with Gasteiger partial charge in [0.2, 0.25) is 0 Å². The molecule has 1 aromatic heterocycles. The lowest BCUT2D eigenvalue weighted by Crippen LogP contribution is -2.06. The maximum Gasteiger partial charge on any atom is 0.338 e. The Morgan fingerprint density at radius 3 is 2.48 bits per heavy atom. The Labute approximate surface area is 149 Å². The predicted octanol–water partition coefficient (Wildman–Crippen LogP) is 4.00. The number of nitrogens with zero attached hydrogens (tertiary/aromatic N) is 2. The van der Waals surface area contributed by atoms with Gasteiger partial charge in [-0.05, 0) is 31.2 Å². The summed E-state index contributed by atoms with van der Waals surface area (Å²) in [5.74, 6) is -0.486. The molecule has 6 heteroatoms. The van der Waals surface area contributed by atoms with E-state index in [9.17, 15) is 9.59 Å². The monoisotopic (exact) mass is 354 g/mol. The second-order valence-electron chi connectivity index (χ2n) is 5.42. The lowest BCUT2D eigenvalue weighted by atomic mass is 10.1. The Morgan fingerprint density at radius 2 is 1.84 bits per heavy atom. The van der Waals surface area contributed by atoms with E-state index in [1.54, 1.807) is 28.9 Å². The van der Waals surface area contributed by atoms with Gasteiger partial charge in [0.25, 0.3) is 0 Å². The molecule has 0 atom stereocenters. The molecule has 5 nitrogen and oxygen atoms in total. The molecule has 0 fully saturated rings. The largest absolute Gasteiger partial charge is 0.457 e. The minimum Gasteiger partial charge on any atom is -0.457 e. The first kappa shape index (κ1) is 16.9. The van der Waals surface area contributed by atoms with Crippen molar-refractivity contribution < 1.29 is 14.3 Å². The van der Waals surface area contributed by atoms with Crippen LogP contribution in [0, 0.1) is 6.92 Å². The van der Waals surface area contributed by atoms with E-state index in [0.29, 0.717) is 27.5 Å². The molecule has 3 aromatic rings. The number of aromatic nitrogens is 2. The van der Waals surface area contributed by atoms with Gasteiger partial charge in [-0.2, -0.15) is 5.10 Å². The maximum absolute atomic E-state index is 12.1. The molecule has 0 N–H and O–H groups in total. The van der Waals surface area contributed by atoms with Crippen LogP contribution in [-0.4, -0.2) is 22.0 Å².